The third-order valence-electron chi connectivity index (χ3n) is 4.34. The van der Waals surface area contributed by atoms with Crippen molar-refractivity contribution in [3.63, 3.8) is 0 Å². The van der Waals surface area contributed by atoms with Crippen LogP contribution in [0, 0.1) is 18.8 Å². The number of aryl methyl sites for hydroxylation is 1. The fourth-order valence-electron chi connectivity index (χ4n) is 2.73. The lowest BCUT2D eigenvalue weighted by Crippen LogP contribution is -2.43. The van der Waals surface area contributed by atoms with Gasteiger partial charge in [0.1, 0.15) is 0 Å². The zero-order valence-corrected chi connectivity index (χ0v) is 12.7. The third-order valence-corrected chi connectivity index (χ3v) is 5.85. The topological polar surface area (TPSA) is 46.2 Å². The summed E-state index contributed by atoms with van der Waals surface area (Å²) in [6.07, 6.45) is 3.24. The molecule has 3 atom stereocenters. The highest BCUT2D eigenvalue weighted by molar-refractivity contribution is 7.89. The van der Waals surface area contributed by atoms with Gasteiger partial charge < -0.3 is 0 Å². The van der Waals surface area contributed by atoms with E-state index in [-0.39, 0.29) is 6.04 Å². The smallest absolute Gasteiger partial charge is 0.208 e. The quantitative estimate of drug-likeness (QED) is 0.925. The molecule has 2 rings (SSSR count). The van der Waals surface area contributed by atoms with Crippen molar-refractivity contribution in [2.75, 3.05) is 0 Å². The monoisotopic (exact) mass is 281 g/mol. The maximum absolute atomic E-state index is 12.4. The summed E-state index contributed by atoms with van der Waals surface area (Å²) in [6.45, 7) is 6.30. The Hall–Kier alpha value is -0.870. The van der Waals surface area contributed by atoms with Crippen molar-refractivity contribution in [3.8, 4) is 0 Å². The molecule has 0 aliphatic heterocycles. The highest BCUT2D eigenvalue weighted by atomic mass is 32.2. The number of benzene rings is 1. The van der Waals surface area contributed by atoms with Crippen LogP contribution < -0.4 is 4.72 Å². The molecule has 19 heavy (non-hydrogen) atoms. The minimum atomic E-state index is -3.38. The van der Waals surface area contributed by atoms with Crippen molar-refractivity contribution >= 4 is 10.0 Å². The zero-order chi connectivity index (χ0) is 14.0. The molecule has 0 amide bonds. The van der Waals surface area contributed by atoms with Gasteiger partial charge in [-0.2, -0.15) is 0 Å². The fourth-order valence-corrected chi connectivity index (χ4v) is 4.09. The second-order valence-electron chi connectivity index (χ2n) is 5.81. The Bertz CT molecular complexity index is 522. The Kier molecular flexibility index (Phi) is 4.31. The van der Waals surface area contributed by atoms with E-state index in [0.717, 1.165) is 18.4 Å². The second-order valence-corrected chi connectivity index (χ2v) is 7.52. The molecule has 1 fully saturated rings. The van der Waals surface area contributed by atoms with Crippen molar-refractivity contribution in [2.24, 2.45) is 11.8 Å². The maximum atomic E-state index is 12.4. The van der Waals surface area contributed by atoms with Crippen molar-refractivity contribution in [1.82, 2.24) is 4.72 Å². The van der Waals surface area contributed by atoms with E-state index in [2.05, 4.69) is 18.6 Å². The minimum absolute atomic E-state index is 0.0649. The molecular weight excluding hydrogens is 258 g/mol. The summed E-state index contributed by atoms with van der Waals surface area (Å²) in [5.41, 5.74) is 1.07. The average molecular weight is 281 g/mol. The van der Waals surface area contributed by atoms with Crippen LogP contribution in [-0.2, 0) is 10.0 Å². The van der Waals surface area contributed by atoms with E-state index in [4.69, 9.17) is 0 Å². The summed E-state index contributed by atoms with van der Waals surface area (Å²) in [4.78, 5) is 0.364. The van der Waals surface area contributed by atoms with Crippen LogP contribution in [-0.4, -0.2) is 14.5 Å². The van der Waals surface area contributed by atoms with Crippen molar-refractivity contribution in [2.45, 2.75) is 51.0 Å². The average Bonchev–Trinajstić information content (AvgIpc) is 2.35. The lowest BCUT2D eigenvalue weighted by molar-refractivity contribution is 0.227. The van der Waals surface area contributed by atoms with Gasteiger partial charge >= 0.3 is 0 Å². The van der Waals surface area contributed by atoms with Gasteiger partial charge in [-0.25, -0.2) is 13.1 Å². The van der Waals surface area contributed by atoms with E-state index in [9.17, 15) is 8.42 Å². The van der Waals surface area contributed by atoms with E-state index in [1.807, 2.05) is 19.1 Å². The molecule has 1 aliphatic rings. The molecule has 3 unspecified atom stereocenters. The number of hydrogen-bond donors (Lipinski definition) is 1. The number of hydrogen-bond acceptors (Lipinski definition) is 2. The van der Waals surface area contributed by atoms with E-state index >= 15 is 0 Å². The number of nitrogens with one attached hydrogen (secondary N) is 1. The van der Waals surface area contributed by atoms with Gasteiger partial charge in [0.25, 0.3) is 0 Å². The van der Waals surface area contributed by atoms with Crippen molar-refractivity contribution < 1.29 is 8.42 Å². The van der Waals surface area contributed by atoms with Crippen LogP contribution in [0.3, 0.4) is 0 Å². The van der Waals surface area contributed by atoms with Crippen LogP contribution in [0.25, 0.3) is 0 Å². The molecule has 4 heteroatoms. The summed E-state index contributed by atoms with van der Waals surface area (Å²) in [7, 11) is -3.38. The predicted octanol–water partition coefficient (Wildman–Crippen LogP) is 3.10. The van der Waals surface area contributed by atoms with Crippen LogP contribution in [0.2, 0.25) is 0 Å². The summed E-state index contributed by atoms with van der Waals surface area (Å²) in [5.74, 6) is 0.980. The molecule has 0 radical (unpaired) electrons. The fraction of sp³-hybridized carbons (Fsp3) is 0.600. The zero-order valence-electron chi connectivity index (χ0n) is 11.9. The molecule has 1 saturated carbocycles. The predicted molar refractivity (Wildman–Crippen MR) is 77.5 cm³/mol. The summed E-state index contributed by atoms with van der Waals surface area (Å²) >= 11 is 0. The normalized spacial score (nSPS) is 28.3. The minimum Gasteiger partial charge on any atom is -0.208 e. The molecule has 0 saturated heterocycles. The molecular formula is C15H23NO2S. The first-order chi connectivity index (χ1) is 8.90. The first-order valence-electron chi connectivity index (χ1n) is 6.99. The van der Waals surface area contributed by atoms with Crippen LogP contribution in [0.4, 0.5) is 0 Å². The van der Waals surface area contributed by atoms with Gasteiger partial charge in [-0.1, -0.05) is 44.4 Å². The van der Waals surface area contributed by atoms with E-state index in [0.29, 0.717) is 16.7 Å². The van der Waals surface area contributed by atoms with Gasteiger partial charge in [-0.15, -0.1) is 0 Å². The van der Waals surface area contributed by atoms with E-state index < -0.39 is 10.0 Å². The Morgan fingerprint density at radius 1 is 1.11 bits per heavy atom. The lowest BCUT2D eigenvalue weighted by Gasteiger charge is -2.34. The van der Waals surface area contributed by atoms with Crippen molar-refractivity contribution in [1.29, 1.82) is 0 Å². The van der Waals surface area contributed by atoms with Gasteiger partial charge in [0, 0.05) is 6.04 Å². The molecule has 1 aromatic rings. The Morgan fingerprint density at radius 2 is 1.74 bits per heavy atom. The molecule has 0 spiro atoms. The molecule has 0 bridgehead atoms. The second kappa shape index (κ2) is 5.63. The molecule has 0 heterocycles. The van der Waals surface area contributed by atoms with E-state index in [1.165, 1.54) is 6.42 Å². The SMILES string of the molecule is Cc1ccc(S(=O)(=O)NC2CCCC(C)C2C)cc1. The van der Waals surface area contributed by atoms with Gasteiger partial charge in [0.15, 0.2) is 0 Å². The van der Waals surface area contributed by atoms with Gasteiger partial charge in [0.2, 0.25) is 10.0 Å². The highest BCUT2D eigenvalue weighted by Gasteiger charge is 2.30. The first-order valence-corrected chi connectivity index (χ1v) is 8.47. The largest absolute Gasteiger partial charge is 0.240 e. The van der Waals surface area contributed by atoms with Crippen LogP contribution in [0.15, 0.2) is 29.2 Å². The number of rotatable bonds is 3. The first kappa shape index (κ1) is 14.5. The summed E-state index contributed by atoms with van der Waals surface area (Å²) in [6, 6.07) is 7.08. The third kappa shape index (κ3) is 3.37. The van der Waals surface area contributed by atoms with Crippen LogP contribution in [0.1, 0.15) is 38.7 Å². The highest BCUT2D eigenvalue weighted by Crippen LogP contribution is 2.30. The molecule has 0 aromatic heterocycles. The number of sulfonamides is 1. The summed E-state index contributed by atoms with van der Waals surface area (Å²) in [5, 5.41) is 0. The molecule has 1 N–H and O–H groups in total. The van der Waals surface area contributed by atoms with Crippen LogP contribution in [0.5, 0.6) is 0 Å². The Morgan fingerprint density at radius 3 is 2.37 bits per heavy atom. The van der Waals surface area contributed by atoms with E-state index in [1.54, 1.807) is 12.1 Å². The Balaban J connectivity index is 2.15. The standard InChI is InChI=1S/C15H23NO2S/c1-11-7-9-14(10-8-11)19(17,18)16-15-6-4-5-12(2)13(15)3/h7-10,12-13,15-16H,4-6H2,1-3H3. The molecule has 106 valence electrons. The van der Waals surface area contributed by atoms with Gasteiger partial charge in [-0.05, 0) is 37.3 Å². The van der Waals surface area contributed by atoms with Gasteiger partial charge in [-0.3, -0.25) is 0 Å². The maximum Gasteiger partial charge on any atom is 0.240 e. The Labute approximate surface area is 116 Å². The van der Waals surface area contributed by atoms with Gasteiger partial charge in [0.05, 0.1) is 4.90 Å². The lowest BCUT2D eigenvalue weighted by atomic mass is 9.78. The van der Waals surface area contributed by atoms with Crippen molar-refractivity contribution in [3.05, 3.63) is 29.8 Å². The molecule has 1 aromatic carbocycles. The molecule has 1 aliphatic carbocycles. The molecule has 3 nitrogen and oxygen atoms in total. The summed E-state index contributed by atoms with van der Waals surface area (Å²) < 4.78 is 27.6. The van der Waals surface area contributed by atoms with Crippen LogP contribution >= 0.6 is 0 Å².